The van der Waals surface area contributed by atoms with Gasteiger partial charge in [-0.25, -0.2) is 9.18 Å². The molecule has 3 aromatic rings. The van der Waals surface area contributed by atoms with E-state index in [9.17, 15) is 14.0 Å². The van der Waals surface area contributed by atoms with Crippen molar-refractivity contribution in [2.45, 2.75) is 26.3 Å². The summed E-state index contributed by atoms with van der Waals surface area (Å²) in [7, 11) is 0. The highest BCUT2D eigenvalue weighted by Crippen LogP contribution is 2.23. The number of rotatable bonds is 4. The molecular weight excluding hydrogens is 309 g/mol. The van der Waals surface area contributed by atoms with E-state index >= 15 is 0 Å². The third kappa shape index (κ3) is 3.08. The van der Waals surface area contributed by atoms with Gasteiger partial charge in [0.2, 0.25) is 5.91 Å². The molecular formula is C18H18FN3O2. The van der Waals surface area contributed by atoms with Crippen molar-refractivity contribution in [2.75, 3.05) is 5.32 Å². The minimum atomic E-state index is -0.442. The summed E-state index contributed by atoms with van der Waals surface area (Å²) >= 11 is 0. The number of aromatic amines is 1. The smallest absolute Gasteiger partial charge is 0.324 e. The number of carbonyl (C=O) groups is 1. The van der Waals surface area contributed by atoms with Gasteiger partial charge in [0.15, 0.2) is 0 Å². The number of para-hydroxylation sites is 1. The fraction of sp³-hybridized carbons (Fsp3) is 0.222. The van der Waals surface area contributed by atoms with Crippen LogP contribution in [0.3, 0.4) is 0 Å². The van der Waals surface area contributed by atoms with E-state index in [0.717, 1.165) is 11.3 Å². The molecule has 0 saturated carbocycles. The third-order valence-corrected chi connectivity index (χ3v) is 3.89. The van der Waals surface area contributed by atoms with Gasteiger partial charge in [-0.3, -0.25) is 9.36 Å². The van der Waals surface area contributed by atoms with Crippen LogP contribution in [0.25, 0.3) is 11.0 Å². The predicted octanol–water partition coefficient (Wildman–Crippen LogP) is 3.23. The summed E-state index contributed by atoms with van der Waals surface area (Å²) in [6, 6.07) is 11.5. The van der Waals surface area contributed by atoms with Crippen LogP contribution in [0.5, 0.6) is 0 Å². The SMILES string of the molecule is CC(C)c1ccccc1NC(=O)Cn1c(=O)[nH]c2cc(F)ccc21. The molecule has 0 fully saturated rings. The molecule has 0 aliphatic rings. The Morgan fingerprint density at radius 1 is 1.25 bits per heavy atom. The minimum absolute atomic E-state index is 0.142. The summed E-state index contributed by atoms with van der Waals surface area (Å²) in [5.41, 5.74) is 2.18. The molecule has 3 rings (SSSR count). The maximum atomic E-state index is 13.2. The standard InChI is InChI=1S/C18H18FN3O2/c1-11(2)13-5-3-4-6-14(13)20-17(23)10-22-16-8-7-12(19)9-15(16)21-18(22)24/h3-9,11H,10H2,1-2H3,(H,20,23)(H,21,24). The fourth-order valence-electron chi connectivity index (χ4n) is 2.74. The highest BCUT2D eigenvalue weighted by molar-refractivity contribution is 5.92. The van der Waals surface area contributed by atoms with Gasteiger partial charge in [-0.05, 0) is 35.7 Å². The normalized spacial score (nSPS) is 11.2. The molecule has 0 spiro atoms. The van der Waals surface area contributed by atoms with Gasteiger partial charge in [-0.1, -0.05) is 32.0 Å². The van der Waals surface area contributed by atoms with E-state index in [-0.39, 0.29) is 18.4 Å². The van der Waals surface area contributed by atoms with Gasteiger partial charge in [-0.2, -0.15) is 0 Å². The Labute approximate surface area is 138 Å². The predicted molar refractivity (Wildman–Crippen MR) is 91.7 cm³/mol. The fourth-order valence-corrected chi connectivity index (χ4v) is 2.74. The molecule has 124 valence electrons. The zero-order valence-electron chi connectivity index (χ0n) is 13.5. The van der Waals surface area contributed by atoms with E-state index < -0.39 is 11.5 Å². The Kier molecular flexibility index (Phi) is 4.20. The first-order valence-electron chi connectivity index (χ1n) is 7.72. The molecule has 24 heavy (non-hydrogen) atoms. The van der Waals surface area contributed by atoms with E-state index in [4.69, 9.17) is 0 Å². The molecule has 2 N–H and O–H groups in total. The number of halogens is 1. The van der Waals surface area contributed by atoms with Crippen molar-refractivity contribution in [1.82, 2.24) is 9.55 Å². The highest BCUT2D eigenvalue weighted by Gasteiger charge is 2.13. The molecule has 2 aromatic carbocycles. The third-order valence-electron chi connectivity index (χ3n) is 3.89. The van der Waals surface area contributed by atoms with Crippen LogP contribution in [0.4, 0.5) is 10.1 Å². The van der Waals surface area contributed by atoms with E-state index in [1.807, 2.05) is 38.1 Å². The maximum Gasteiger partial charge on any atom is 0.326 e. The molecule has 6 heteroatoms. The second-order valence-electron chi connectivity index (χ2n) is 5.97. The van der Waals surface area contributed by atoms with Crippen LogP contribution in [0.1, 0.15) is 25.3 Å². The van der Waals surface area contributed by atoms with E-state index in [2.05, 4.69) is 10.3 Å². The molecule has 1 amide bonds. The van der Waals surface area contributed by atoms with E-state index in [1.165, 1.54) is 22.8 Å². The largest absolute Gasteiger partial charge is 0.326 e. The Morgan fingerprint density at radius 2 is 2.00 bits per heavy atom. The molecule has 0 unspecified atom stereocenters. The van der Waals surface area contributed by atoms with Gasteiger partial charge in [0.05, 0.1) is 11.0 Å². The van der Waals surface area contributed by atoms with E-state index in [1.54, 1.807) is 0 Å². The van der Waals surface area contributed by atoms with Gasteiger partial charge in [-0.15, -0.1) is 0 Å². The van der Waals surface area contributed by atoms with Crippen LogP contribution >= 0.6 is 0 Å². The number of anilines is 1. The lowest BCUT2D eigenvalue weighted by molar-refractivity contribution is -0.116. The van der Waals surface area contributed by atoms with Gasteiger partial charge < -0.3 is 10.3 Å². The lowest BCUT2D eigenvalue weighted by Gasteiger charge is -2.13. The van der Waals surface area contributed by atoms with Crippen molar-refractivity contribution >= 4 is 22.6 Å². The molecule has 0 aliphatic heterocycles. The lowest BCUT2D eigenvalue weighted by Crippen LogP contribution is -2.26. The number of fused-ring (bicyclic) bond motifs is 1. The van der Waals surface area contributed by atoms with Crippen LogP contribution in [0.15, 0.2) is 47.3 Å². The minimum Gasteiger partial charge on any atom is -0.324 e. The number of carbonyl (C=O) groups excluding carboxylic acids is 1. The number of amides is 1. The topological polar surface area (TPSA) is 66.9 Å². The van der Waals surface area contributed by atoms with Crippen molar-refractivity contribution in [1.29, 1.82) is 0 Å². The average molecular weight is 327 g/mol. The zero-order chi connectivity index (χ0) is 17.3. The Balaban J connectivity index is 1.86. The van der Waals surface area contributed by atoms with Crippen molar-refractivity contribution in [3.8, 4) is 0 Å². The second-order valence-corrected chi connectivity index (χ2v) is 5.97. The van der Waals surface area contributed by atoms with Crippen LogP contribution in [0.2, 0.25) is 0 Å². The van der Waals surface area contributed by atoms with Crippen molar-refractivity contribution in [2.24, 2.45) is 0 Å². The summed E-state index contributed by atoms with van der Waals surface area (Å²) in [4.78, 5) is 26.9. The first-order valence-corrected chi connectivity index (χ1v) is 7.72. The first-order chi connectivity index (χ1) is 11.5. The van der Waals surface area contributed by atoms with Crippen LogP contribution < -0.4 is 11.0 Å². The van der Waals surface area contributed by atoms with Crippen molar-refractivity contribution in [3.63, 3.8) is 0 Å². The molecule has 0 bridgehead atoms. The Bertz CT molecular complexity index is 956. The monoisotopic (exact) mass is 327 g/mol. The summed E-state index contributed by atoms with van der Waals surface area (Å²) in [6.07, 6.45) is 0. The molecule has 1 heterocycles. The van der Waals surface area contributed by atoms with E-state index in [0.29, 0.717) is 11.0 Å². The molecule has 1 aromatic heterocycles. The quantitative estimate of drug-likeness (QED) is 0.772. The molecule has 0 aliphatic carbocycles. The van der Waals surface area contributed by atoms with Gasteiger partial charge in [0.25, 0.3) is 0 Å². The number of nitrogens with one attached hydrogen (secondary N) is 2. The summed E-state index contributed by atoms with van der Waals surface area (Å²) < 4.78 is 14.5. The maximum absolute atomic E-state index is 13.2. The van der Waals surface area contributed by atoms with Crippen LogP contribution in [0, 0.1) is 5.82 Å². The van der Waals surface area contributed by atoms with Gasteiger partial charge >= 0.3 is 5.69 Å². The van der Waals surface area contributed by atoms with Crippen molar-refractivity contribution < 1.29 is 9.18 Å². The van der Waals surface area contributed by atoms with Gasteiger partial charge in [0, 0.05) is 5.69 Å². The number of hydrogen-bond acceptors (Lipinski definition) is 2. The van der Waals surface area contributed by atoms with Crippen LogP contribution in [-0.2, 0) is 11.3 Å². The van der Waals surface area contributed by atoms with Gasteiger partial charge in [0.1, 0.15) is 12.4 Å². The van der Waals surface area contributed by atoms with Crippen LogP contribution in [-0.4, -0.2) is 15.5 Å². The number of hydrogen-bond donors (Lipinski definition) is 2. The lowest BCUT2D eigenvalue weighted by atomic mass is 10.0. The van der Waals surface area contributed by atoms with Crippen molar-refractivity contribution in [3.05, 3.63) is 64.3 Å². The second kappa shape index (κ2) is 6.31. The Morgan fingerprint density at radius 3 is 2.75 bits per heavy atom. The Hall–Kier alpha value is -2.89. The zero-order valence-corrected chi connectivity index (χ0v) is 13.5. The average Bonchev–Trinajstić information content (AvgIpc) is 2.82. The number of nitrogens with zero attached hydrogens (tertiary/aromatic N) is 1. The summed E-state index contributed by atoms with van der Waals surface area (Å²) in [6.45, 7) is 3.95. The summed E-state index contributed by atoms with van der Waals surface area (Å²) in [5.74, 6) is -0.484. The molecule has 0 atom stereocenters. The number of H-pyrrole nitrogens is 1. The number of aromatic nitrogens is 2. The molecule has 5 nitrogen and oxygen atoms in total. The number of benzene rings is 2. The molecule has 0 radical (unpaired) electrons. The summed E-state index contributed by atoms with van der Waals surface area (Å²) in [5, 5.41) is 2.85. The highest BCUT2D eigenvalue weighted by atomic mass is 19.1. The molecule has 0 saturated heterocycles. The first kappa shape index (κ1) is 16.0. The number of imidazole rings is 1.